The number of fused-ring (bicyclic) bond motifs is 1. The molecule has 1 aliphatic rings. The standard InChI is InChI=1S/C9H9F2NO/c10-5-1-8(11)7-3-6(13)4-12-9(7)2-5/h1-2,6,12-13H,3-4H2. The molecule has 1 heterocycles. The summed E-state index contributed by atoms with van der Waals surface area (Å²) in [7, 11) is 0. The lowest BCUT2D eigenvalue weighted by atomic mass is 10.0. The molecule has 2 rings (SSSR count). The lowest BCUT2D eigenvalue weighted by molar-refractivity contribution is 0.183. The molecule has 0 saturated carbocycles. The molecule has 1 atom stereocenters. The molecule has 0 aromatic heterocycles. The predicted molar refractivity (Wildman–Crippen MR) is 44.6 cm³/mol. The fourth-order valence-electron chi connectivity index (χ4n) is 1.50. The minimum absolute atomic E-state index is 0.244. The second-order valence-corrected chi connectivity index (χ2v) is 3.15. The van der Waals surface area contributed by atoms with E-state index in [1.165, 1.54) is 6.07 Å². The highest BCUT2D eigenvalue weighted by Crippen LogP contribution is 2.25. The number of halogens is 2. The Morgan fingerprint density at radius 2 is 2.15 bits per heavy atom. The molecule has 4 heteroatoms. The second-order valence-electron chi connectivity index (χ2n) is 3.15. The van der Waals surface area contributed by atoms with Gasteiger partial charge in [-0.1, -0.05) is 0 Å². The number of nitrogens with one attached hydrogen (secondary N) is 1. The van der Waals surface area contributed by atoms with Gasteiger partial charge >= 0.3 is 0 Å². The topological polar surface area (TPSA) is 32.3 Å². The number of hydrogen-bond donors (Lipinski definition) is 2. The van der Waals surface area contributed by atoms with E-state index in [0.717, 1.165) is 6.07 Å². The normalized spacial score (nSPS) is 20.7. The van der Waals surface area contributed by atoms with Crippen LogP contribution in [0.15, 0.2) is 12.1 Å². The molecule has 0 fully saturated rings. The number of rotatable bonds is 0. The Kier molecular flexibility index (Phi) is 1.92. The Morgan fingerprint density at radius 1 is 1.38 bits per heavy atom. The van der Waals surface area contributed by atoms with E-state index in [9.17, 15) is 13.9 Å². The summed E-state index contributed by atoms with van der Waals surface area (Å²) >= 11 is 0. The highest BCUT2D eigenvalue weighted by atomic mass is 19.1. The van der Waals surface area contributed by atoms with Gasteiger partial charge in [0.15, 0.2) is 0 Å². The average Bonchev–Trinajstić information content (AvgIpc) is 2.06. The Hall–Kier alpha value is -1.16. The highest BCUT2D eigenvalue weighted by Gasteiger charge is 2.19. The number of aliphatic hydroxyl groups excluding tert-OH is 1. The van der Waals surface area contributed by atoms with Crippen molar-refractivity contribution in [2.45, 2.75) is 12.5 Å². The molecule has 2 nitrogen and oxygen atoms in total. The van der Waals surface area contributed by atoms with Gasteiger partial charge in [-0.05, 0) is 6.07 Å². The summed E-state index contributed by atoms with van der Waals surface area (Å²) in [4.78, 5) is 0. The number of aliphatic hydroxyl groups is 1. The summed E-state index contributed by atoms with van der Waals surface area (Å²) in [6.07, 6.45) is -0.346. The van der Waals surface area contributed by atoms with E-state index in [1.54, 1.807) is 0 Å². The van der Waals surface area contributed by atoms with Gasteiger partial charge in [0.1, 0.15) is 11.6 Å². The van der Waals surface area contributed by atoms with Gasteiger partial charge < -0.3 is 10.4 Å². The molecular formula is C9H9F2NO. The number of anilines is 1. The Morgan fingerprint density at radius 3 is 2.92 bits per heavy atom. The summed E-state index contributed by atoms with van der Waals surface area (Å²) in [5, 5.41) is 12.0. The third-order valence-electron chi connectivity index (χ3n) is 2.13. The average molecular weight is 185 g/mol. The smallest absolute Gasteiger partial charge is 0.131 e. The van der Waals surface area contributed by atoms with Crippen molar-refractivity contribution >= 4 is 5.69 Å². The Bertz CT molecular complexity index is 341. The quantitative estimate of drug-likeness (QED) is 0.638. The van der Waals surface area contributed by atoms with Crippen LogP contribution < -0.4 is 5.32 Å². The van der Waals surface area contributed by atoms with Crippen LogP contribution in [0.3, 0.4) is 0 Å². The van der Waals surface area contributed by atoms with Crippen molar-refractivity contribution in [1.29, 1.82) is 0 Å². The maximum Gasteiger partial charge on any atom is 0.131 e. The van der Waals surface area contributed by atoms with Gasteiger partial charge in [-0.3, -0.25) is 0 Å². The largest absolute Gasteiger partial charge is 0.391 e. The van der Waals surface area contributed by atoms with Gasteiger partial charge in [-0.15, -0.1) is 0 Å². The highest BCUT2D eigenvalue weighted by molar-refractivity contribution is 5.54. The van der Waals surface area contributed by atoms with E-state index < -0.39 is 17.7 Å². The minimum atomic E-state index is -0.597. The third kappa shape index (κ3) is 1.49. The fourth-order valence-corrected chi connectivity index (χ4v) is 1.50. The van der Waals surface area contributed by atoms with Crippen LogP contribution in [0.1, 0.15) is 5.56 Å². The molecule has 1 aliphatic heterocycles. The SMILES string of the molecule is OC1CNc2cc(F)cc(F)c2C1. The summed E-state index contributed by atoms with van der Waals surface area (Å²) < 4.78 is 25.8. The maximum absolute atomic E-state index is 13.1. The van der Waals surface area contributed by atoms with Gasteiger partial charge in [0.25, 0.3) is 0 Å². The molecule has 13 heavy (non-hydrogen) atoms. The first kappa shape index (κ1) is 8.44. The van der Waals surface area contributed by atoms with E-state index in [2.05, 4.69) is 5.32 Å². The van der Waals surface area contributed by atoms with E-state index in [4.69, 9.17) is 0 Å². The summed E-state index contributed by atoms with van der Waals surface area (Å²) in [5.41, 5.74) is 0.808. The summed E-state index contributed by atoms with van der Waals surface area (Å²) in [6.45, 7) is 0.343. The monoisotopic (exact) mass is 185 g/mol. The van der Waals surface area contributed by atoms with Gasteiger partial charge in [-0.2, -0.15) is 0 Å². The molecule has 70 valence electrons. The van der Waals surface area contributed by atoms with Crippen LogP contribution in [-0.2, 0) is 6.42 Å². The van der Waals surface area contributed by atoms with Crippen LogP contribution in [0.25, 0.3) is 0 Å². The van der Waals surface area contributed by atoms with E-state index in [0.29, 0.717) is 17.8 Å². The zero-order chi connectivity index (χ0) is 9.42. The van der Waals surface area contributed by atoms with Crippen molar-refractivity contribution in [3.63, 3.8) is 0 Å². The first-order chi connectivity index (χ1) is 6.16. The van der Waals surface area contributed by atoms with Crippen molar-refractivity contribution in [3.05, 3.63) is 29.3 Å². The van der Waals surface area contributed by atoms with Gasteiger partial charge in [0.2, 0.25) is 0 Å². The summed E-state index contributed by atoms with van der Waals surface area (Å²) in [5.74, 6) is -1.19. The van der Waals surface area contributed by atoms with E-state index in [-0.39, 0.29) is 6.42 Å². The van der Waals surface area contributed by atoms with Gasteiger partial charge in [0.05, 0.1) is 6.10 Å². The lowest BCUT2D eigenvalue weighted by Gasteiger charge is -2.22. The van der Waals surface area contributed by atoms with Crippen molar-refractivity contribution in [2.24, 2.45) is 0 Å². The fraction of sp³-hybridized carbons (Fsp3) is 0.333. The third-order valence-corrected chi connectivity index (χ3v) is 2.13. The first-order valence-electron chi connectivity index (χ1n) is 4.06. The maximum atomic E-state index is 13.1. The van der Waals surface area contributed by atoms with Crippen LogP contribution in [0.4, 0.5) is 14.5 Å². The number of β-amino-alcohol motifs (C(OH)–C–C–N with tert-alkyl or cyclic N) is 1. The predicted octanol–water partition coefficient (Wildman–Crippen LogP) is 1.29. The van der Waals surface area contributed by atoms with Crippen molar-refractivity contribution in [1.82, 2.24) is 0 Å². The second kappa shape index (κ2) is 2.96. The van der Waals surface area contributed by atoms with Crippen LogP contribution in [0.2, 0.25) is 0 Å². The van der Waals surface area contributed by atoms with E-state index >= 15 is 0 Å². The van der Waals surface area contributed by atoms with Crippen LogP contribution >= 0.6 is 0 Å². The Balaban J connectivity index is 2.47. The molecule has 0 radical (unpaired) electrons. The van der Waals surface area contributed by atoms with Crippen molar-refractivity contribution in [3.8, 4) is 0 Å². The zero-order valence-electron chi connectivity index (χ0n) is 6.85. The minimum Gasteiger partial charge on any atom is -0.391 e. The van der Waals surface area contributed by atoms with Crippen LogP contribution in [-0.4, -0.2) is 17.8 Å². The lowest BCUT2D eigenvalue weighted by Crippen LogP contribution is -2.28. The van der Waals surface area contributed by atoms with Crippen molar-refractivity contribution < 1.29 is 13.9 Å². The summed E-state index contributed by atoms with van der Waals surface area (Å²) in [6, 6.07) is 2.07. The number of hydrogen-bond acceptors (Lipinski definition) is 2. The molecule has 0 bridgehead atoms. The Labute approximate surface area is 74.2 Å². The molecule has 0 amide bonds. The zero-order valence-corrected chi connectivity index (χ0v) is 6.85. The van der Waals surface area contributed by atoms with Crippen molar-refractivity contribution in [2.75, 3.05) is 11.9 Å². The molecule has 0 saturated heterocycles. The molecule has 2 N–H and O–H groups in total. The van der Waals surface area contributed by atoms with Gasteiger partial charge in [-0.25, -0.2) is 8.78 Å². The first-order valence-corrected chi connectivity index (χ1v) is 4.06. The molecule has 0 spiro atoms. The molecule has 1 aromatic carbocycles. The van der Waals surface area contributed by atoms with Crippen LogP contribution in [0.5, 0.6) is 0 Å². The number of benzene rings is 1. The molecule has 0 aliphatic carbocycles. The van der Waals surface area contributed by atoms with Gasteiger partial charge in [0, 0.05) is 30.3 Å². The van der Waals surface area contributed by atoms with Crippen LogP contribution in [0, 0.1) is 11.6 Å². The van der Waals surface area contributed by atoms with E-state index in [1.807, 2.05) is 0 Å². The molecule has 1 unspecified atom stereocenters. The molecular weight excluding hydrogens is 176 g/mol. The molecule has 1 aromatic rings.